The van der Waals surface area contributed by atoms with E-state index in [-0.39, 0.29) is 11.6 Å². The molecule has 1 aromatic rings. The third-order valence-corrected chi connectivity index (χ3v) is 3.34. The van der Waals surface area contributed by atoms with Gasteiger partial charge in [-0.3, -0.25) is 0 Å². The summed E-state index contributed by atoms with van der Waals surface area (Å²) in [5, 5.41) is 3.23. The quantitative estimate of drug-likeness (QED) is 0.854. The molecule has 0 aromatic heterocycles. The zero-order chi connectivity index (χ0) is 14.0. The highest BCUT2D eigenvalue weighted by Crippen LogP contribution is 2.24. The molecule has 106 valence electrons. The van der Waals surface area contributed by atoms with Gasteiger partial charge >= 0.3 is 0 Å². The van der Waals surface area contributed by atoms with Gasteiger partial charge in [-0.05, 0) is 44.4 Å². The first kappa shape index (κ1) is 14.3. The number of halogens is 3. The van der Waals surface area contributed by atoms with E-state index in [1.54, 1.807) is 0 Å². The number of hydrogen-bond acceptors (Lipinski definition) is 2. The summed E-state index contributed by atoms with van der Waals surface area (Å²) in [4.78, 5) is 0. The van der Waals surface area contributed by atoms with Gasteiger partial charge in [0.2, 0.25) is 0 Å². The molecule has 2 nitrogen and oxygen atoms in total. The fraction of sp³-hybridized carbons (Fsp3) is 0.571. The van der Waals surface area contributed by atoms with Crippen molar-refractivity contribution in [3.8, 4) is 0 Å². The lowest BCUT2D eigenvalue weighted by Gasteiger charge is -2.36. The average molecular weight is 273 g/mol. The number of rotatable bonds is 3. The Morgan fingerprint density at radius 3 is 2.47 bits per heavy atom. The molecule has 0 radical (unpaired) electrons. The average Bonchev–Trinajstić information content (AvgIpc) is 2.32. The molecule has 1 aliphatic heterocycles. The second kappa shape index (κ2) is 5.51. The summed E-state index contributed by atoms with van der Waals surface area (Å²) in [5.74, 6) is -3.72. The predicted octanol–water partition coefficient (Wildman–Crippen LogP) is 3.15. The fourth-order valence-electron chi connectivity index (χ4n) is 2.38. The first-order chi connectivity index (χ1) is 8.87. The Bertz CT molecular complexity index is 439. The lowest BCUT2D eigenvalue weighted by Crippen LogP contribution is -2.43. The van der Waals surface area contributed by atoms with E-state index in [1.807, 2.05) is 13.8 Å². The maximum Gasteiger partial charge on any atom is 0.194 e. The molecule has 1 atom stereocenters. The van der Waals surface area contributed by atoms with Crippen LogP contribution in [0, 0.1) is 17.5 Å². The van der Waals surface area contributed by atoms with E-state index in [1.165, 1.54) is 0 Å². The lowest BCUT2D eigenvalue weighted by molar-refractivity contribution is -0.0630. The number of nitrogens with one attached hydrogen (secondary N) is 1. The van der Waals surface area contributed by atoms with Crippen molar-refractivity contribution in [2.75, 3.05) is 6.61 Å². The van der Waals surface area contributed by atoms with Crippen LogP contribution in [0.1, 0.15) is 32.3 Å². The summed E-state index contributed by atoms with van der Waals surface area (Å²) >= 11 is 0. The third-order valence-electron chi connectivity index (χ3n) is 3.34. The molecule has 0 amide bonds. The molecule has 1 fully saturated rings. The molecule has 1 unspecified atom stereocenters. The lowest BCUT2D eigenvalue weighted by atomic mass is 9.94. The molecule has 0 bridgehead atoms. The van der Waals surface area contributed by atoms with Crippen LogP contribution in [-0.4, -0.2) is 18.2 Å². The zero-order valence-corrected chi connectivity index (χ0v) is 11.1. The number of hydrogen-bond donors (Lipinski definition) is 1. The Hall–Kier alpha value is -1.07. The van der Waals surface area contributed by atoms with E-state index in [0.29, 0.717) is 18.7 Å². The summed E-state index contributed by atoms with van der Waals surface area (Å²) in [6, 6.07) is 2.28. The van der Waals surface area contributed by atoms with E-state index >= 15 is 0 Å². The minimum Gasteiger partial charge on any atom is -0.375 e. The van der Waals surface area contributed by atoms with Gasteiger partial charge in [0.1, 0.15) is 0 Å². The van der Waals surface area contributed by atoms with Crippen LogP contribution in [0.3, 0.4) is 0 Å². The Labute approximate surface area is 111 Å². The first-order valence-electron chi connectivity index (χ1n) is 6.38. The van der Waals surface area contributed by atoms with Gasteiger partial charge < -0.3 is 10.1 Å². The second-order valence-electron chi connectivity index (χ2n) is 5.55. The molecule has 1 aliphatic rings. The minimum atomic E-state index is -1.42. The van der Waals surface area contributed by atoms with E-state index in [4.69, 9.17) is 4.74 Å². The van der Waals surface area contributed by atoms with Crippen LogP contribution < -0.4 is 5.32 Å². The largest absolute Gasteiger partial charge is 0.375 e. The van der Waals surface area contributed by atoms with Crippen molar-refractivity contribution in [1.82, 2.24) is 5.32 Å². The Morgan fingerprint density at radius 1 is 1.26 bits per heavy atom. The zero-order valence-electron chi connectivity index (χ0n) is 11.1. The Morgan fingerprint density at radius 2 is 1.89 bits per heavy atom. The molecular formula is C14H18F3NO. The maximum absolute atomic E-state index is 13.1. The topological polar surface area (TPSA) is 21.3 Å². The highest BCUT2D eigenvalue weighted by Gasteiger charge is 2.28. The van der Waals surface area contributed by atoms with Crippen LogP contribution in [0.15, 0.2) is 12.1 Å². The van der Waals surface area contributed by atoms with Gasteiger partial charge in [-0.25, -0.2) is 13.2 Å². The molecule has 0 spiro atoms. The molecular weight excluding hydrogens is 255 g/mol. The van der Waals surface area contributed by atoms with E-state index in [2.05, 4.69) is 5.32 Å². The highest BCUT2D eigenvalue weighted by molar-refractivity contribution is 5.19. The van der Waals surface area contributed by atoms with Crippen molar-refractivity contribution >= 4 is 0 Å². The molecule has 0 aliphatic carbocycles. The van der Waals surface area contributed by atoms with Gasteiger partial charge in [-0.15, -0.1) is 0 Å². The van der Waals surface area contributed by atoms with Gasteiger partial charge in [-0.1, -0.05) is 0 Å². The fourth-order valence-corrected chi connectivity index (χ4v) is 2.38. The molecule has 1 heterocycles. The van der Waals surface area contributed by atoms with Crippen LogP contribution >= 0.6 is 0 Å². The van der Waals surface area contributed by atoms with Crippen LogP contribution in [0.25, 0.3) is 0 Å². The molecule has 1 aromatic carbocycles. The summed E-state index contributed by atoms with van der Waals surface area (Å²) in [7, 11) is 0. The van der Waals surface area contributed by atoms with Crippen molar-refractivity contribution < 1.29 is 17.9 Å². The highest BCUT2D eigenvalue weighted by atomic mass is 19.2. The first-order valence-corrected chi connectivity index (χ1v) is 6.38. The van der Waals surface area contributed by atoms with Crippen LogP contribution in [-0.2, 0) is 11.3 Å². The van der Waals surface area contributed by atoms with Gasteiger partial charge in [0.15, 0.2) is 17.5 Å². The van der Waals surface area contributed by atoms with Gasteiger partial charge in [0.05, 0.1) is 5.60 Å². The van der Waals surface area contributed by atoms with Crippen molar-refractivity contribution in [2.24, 2.45) is 0 Å². The number of ether oxygens (including phenoxy) is 1. The van der Waals surface area contributed by atoms with Crippen molar-refractivity contribution in [3.63, 3.8) is 0 Å². The summed E-state index contributed by atoms with van der Waals surface area (Å²) < 4.78 is 44.5. The third kappa shape index (κ3) is 3.70. The van der Waals surface area contributed by atoms with Crippen LogP contribution in [0.4, 0.5) is 13.2 Å². The Kier molecular flexibility index (Phi) is 4.16. The van der Waals surface area contributed by atoms with Crippen molar-refractivity contribution in [1.29, 1.82) is 0 Å². The standard InChI is InChI=1S/C14H18F3NO/c1-14(2)7-10(3-4-19-14)18-8-9-5-11(15)13(17)12(16)6-9/h5-6,10,18H,3-4,7-8H2,1-2H3. The molecule has 1 saturated heterocycles. The number of benzene rings is 1. The second-order valence-corrected chi connectivity index (χ2v) is 5.55. The van der Waals surface area contributed by atoms with Crippen molar-refractivity contribution in [3.05, 3.63) is 35.1 Å². The summed E-state index contributed by atoms with van der Waals surface area (Å²) in [6.07, 6.45) is 1.69. The Balaban J connectivity index is 1.95. The van der Waals surface area contributed by atoms with Crippen molar-refractivity contribution in [2.45, 2.75) is 44.9 Å². The maximum atomic E-state index is 13.1. The minimum absolute atomic E-state index is 0.185. The normalized spacial score (nSPS) is 22.5. The predicted molar refractivity (Wildman–Crippen MR) is 66.2 cm³/mol. The van der Waals surface area contributed by atoms with Gasteiger partial charge in [0.25, 0.3) is 0 Å². The summed E-state index contributed by atoms with van der Waals surface area (Å²) in [6.45, 7) is 5.00. The van der Waals surface area contributed by atoms with Gasteiger partial charge in [-0.2, -0.15) is 0 Å². The molecule has 1 N–H and O–H groups in total. The van der Waals surface area contributed by atoms with E-state index in [9.17, 15) is 13.2 Å². The van der Waals surface area contributed by atoms with Crippen LogP contribution in [0.2, 0.25) is 0 Å². The smallest absolute Gasteiger partial charge is 0.194 e. The molecule has 0 saturated carbocycles. The molecule has 2 rings (SSSR count). The van der Waals surface area contributed by atoms with Crippen LogP contribution in [0.5, 0.6) is 0 Å². The van der Waals surface area contributed by atoms with E-state index < -0.39 is 17.5 Å². The summed E-state index contributed by atoms with van der Waals surface area (Å²) in [5.41, 5.74) is 0.218. The SMILES string of the molecule is CC1(C)CC(NCc2cc(F)c(F)c(F)c2)CCO1. The van der Waals surface area contributed by atoms with E-state index in [0.717, 1.165) is 25.0 Å². The van der Waals surface area contributed by atoms with Gasteiger partial charge in [0, 0.05) is 19.2 Å². The molecule has 5 heteroatoms. The molecule has 19 heavy (non-hydrogen) atoms. The monoisotopic (exact) mass is 273 g/mol.